The lowest BCUT2D eigenvalue weighted by Gasteiger charge is -2.28. The molecule has 3 unspecified atom stereocenters. The molecule has 8 heteroatoms. The fraction of sp³-hybridized carbons (Fsp3) is 0.600. The standard InChI is InChI=1S/C20H30ClNO5S/c1-5-8-17(22-26-10-7-9-21)20-18(24)12-16(11-14(3)28(25)6-2)13-19(20)27-15(4)23/h7-9,14,16,22H,5-6,10-13H2,1-4H3. The number of hydrogen-bond donors (Lipinski definition) is 1. The van der Waals surface area contributed by atoms with Crippen molar-refractivity contribution in [1.82, 2.24) is 5.48 Å². The molecule has 0 amide bonds. The highest BCUT2D eigenvalue weighted by atomic mass is 35.5. The number of hydrogen-bond acceptors (Lipinski definition) is 6. The van der Waals surface area contributed by atoms with E-state index < -0.39 is 16.8 Å². The number of Topliss-reactive ketones (excluding diaryl/α,β-unsaturated/α-hetero) is 1. The Morgan fingerprint density at radius 2 is 2.11 bits per heavy atom. The molecule has 158 valence electrons. The molecule has 6 nitrogen and oxygen atoms in total. The molecule has 0 saturated carbocycles. The van der Waals surface area contributed by atoms with Crippen LogP contribution in [0.4, 0.5) is 0 Å². The van der Waals surface area contributed by atoms with Gasteiger partial charge in [0.15, 0.2) is 5.78 Å². The minimum Gasteiger partial charge on any atom is -0.430 e. The number of rotatable bonds is 11. The van der Waals surface area contributed by atoms with Gasteiger partial charge in [-0.3, -0.25) is 24.1 Å². The summed E-state index contributed by atoms with van der Waals surface area (Å²) < 4.78 is 17.4. The Morgan fingerprint density at radius 3 is 2.68 bits per heavy atom. The van der Waals surface area contributed by atoms with Crippen LogP contribution in [0, 0.1) is 5.92 Å². The Kier molecular flexibility index (Phi) is 11.3. The minimum absolute atomic E-state index is 0.0147. The van der Waals surface area contributed by atoms with Gasteiger partial charge in [-0.1, -0.05) is 38.4 Å². The summed E-state index contributed by atoms with van der Waals surface area (Å²) in [7, 11) is -0.930. The van der Waals surface area contributed by atoms with Crippen LogP contribution in [0.25, 0.3) is 0 Å². The molecule has 0 spiro atoms. The van der Waals surface area contributed by atoms with Crippen LogP contribution in [-0.2, 0) is 30.0 Å². The van der Waals surface area contributed by atoms with Crippen LogP contribution in [0.5, 0.6) is 0 Å². The summed E-state index contributed by atoms with van der Waals surface area (Å²) in [4.78, 5) is 29.9. The monoisotopic (exact) mass is 431 g/mol. The van der Waals surface area contributed by atoms with Crippen LogP contribution >= 0.6 is 11.6 Å². The molecule has 1 rings (SSSR count). The summed E-state index contributed by atoms with van der Waals surface area (Å²) in [6, 6.07) is 0. The van der Waals surface area contributed by atoms with E-state index in [2.05, 4.69) is 5.48 Å². The zero-order chi connectivity index (χ0) is 21.1. The van der Waals surface area contributed by atoms with E-state index in [1.807, 2.05) is 26.8 Å². The van der Waals surface area contributed by atoms with E-state index in [1.165, 1.54) is 12.5 Å². The van der Waals surface area contributed by atoms with Gasteiger partial charge >= 0.3 is 5.97 Å². The predicted octanol–water partition coefficient (Wildman–Crippen LogP) is 3.90. The largest absolute Gasteiger partial charge is 0.430 e. The lowest BCUT2D eigenvalue weighted by atomic mass is 9.83. The van der Waals surface area contributed by atoms with E-state index in [4.69, 9.17) is 21.2 Å². The van der Waals surface area contributed by atoms with Gasteiger partial charge in [0.2, 0.25) is 0 Å². The first-order chi connectivity index (χ1) is 13.3. The van der Waals surface area contributed by atoms with E-state index in [0.29, 0.717) is 48.5 Å². The molecule has 0 aliphatic heterocycles. The molecule has 0 heterocycles. The molecule has 0 aromatic rings. The summed E-state index contributed by atoms with van der Waals surface area (Å²) in [5.74, 6) is 0.311. The van der Waals surface area contributed by atoms with E-state index in [1.54, 1.807) is 6.08 Å². The molecule has 1 N–H and O–H groups in total. The number of ketones is 1. The van der Waals surface area contributed by atoms with Crippen molar-refractivity contribution in [2.45, 2.75) is 58.6 Å². The molecule has 0 aromatic heterocycles. The van der Waals surface area contributed by atoms with Crippen molar-refractivity contribution in [1.29, 1.82) is 0 Å². The minimum atomic E-state index is -0.930. The highest BCUT2D eigenvalue weighted by Gasteiger charge is 2.33. The third-order valence-corrected chi connectivity index (χ3v) is 6.14. The van der Waals surface area contributed by atoms with E-state index in [9.17, 15) is 13.8 Å². The lowest BCUT2D eigenvalue weighted by Crippen LogP contribution is -2.29. The zero-order valence-electron chi connectivity index (χ0n) is 17.0. The van der Waals surface area contributed by atoms with Gasteiger partial charge in [0.25, 0.3) is 0 Å². The SMILES string of the molecule is CCC=C(NOCC=CCl)C1=C(OC(C)=O)CC(CC(C)S(=O)CC)CC1=O. The lowest BCUT2D eigenvalue weighted by molar-refractivity contribution is -0.137. The summed E-state index contributed by atoms with van der Waals surface area (Å²) in [6.07, 6.45) is 5.48. The van der Waals surface area contributed by atoms with E-state index in [0.717, 1.165) is 0 Å². The summed E-state index contributed by atoms with van der Waals surface area (Å²) in [6.45, 7) is 7.28. The number of halogens is 1. The molecule has 3 atom stereocenters. The number of ether oxygens (including phenoxy) is 1. The van der Waals surface area contributed by atoms with Crippen molar-refractivity contribution in [2.75, 3.05) is 12.4 Å². The number of carbonyl (C=O) groups is 2. The first-order valence-corrected chi connectivity index (χ1v) is 11.3. The van der Waals surface area contributed by atoms with E-state index in [-0.39, 0.29) is 23.6 Å². The van der Waals surface area contributed by atoms with Crippen LogP contribution in [0.2, 0.25) is 0 Å². The Balaban J connectivity index is 3.11. The van der Waals surface area contributed by atoms with Crippen molar-refractivity contribution < 1.29 is 23.4 Å². The van der Waals surface area contributed by atoms with E-state index >= 15 is 0 Å². The van der Waals surface area contributed by atoms with Crippen molar-refractivity contribution >= 4 is 34.2 Å². The van der Waals surface area contributed by atoms with Gasteiger partial charge in [0.1, 0.15) is 5.76 Å². The highest BCUT2D eigenvalue weighted by Crippen LogP contribution is 2.34. The van der Waals surface area contributed by atoms with Gasteiger partial charge < -0.3 is 4.74 Å². The molecule has 0 saturated heterocycles. The number of hydroxylamine groups is 1. The fourth-order valence-electron chi connectivity index (χ4n) is 3.15. The maximum Gasteiger partial charge on any atom is 0.307 e. The summed E-state index contributed by atoms with van der Waals surface area (Å²) in [5.41, 5.74) is 4.94. The van der Waals surface area contributed by atoms with Crippen molar-refractivity contribution in [3.8, 4) is 0 Å². The maximum absolute atomic E-state index is 12.9. The highest BCUT2D eigenvalue weighted by molar-refractivity contribution is 7.85. The molecule has 0 radical (unpaired) electrons. The molecule has 0 bridgehead atoms. The van der Waals surface area contributed by atoms with Gasteiger partial charge in [0, 0.05) is 47.1 Å². The second-order valence-corrected chi connectivity index (χ2v) is 9.00. The molecule has 0 fully saturated rings. The predicted molar refractivity (Wildman–Crippen MR) is 112 cm³/mol. The van der Waals surface area contributed by atoms with Crippen LogP contribution in [0.15, 0.2) is 34.7 Å². The van der Waals surface area contributed by atoms with Gasteiger partial charge in [-0.2, -0.15) is 0 Å². The first-order valence-electron chi connectivity index (χ1n) is 9.49. The number of allylic oxidation sites excluding steroid dienone is 3. The molecule has 1 aliphatic rings. The molecular formula is C20H30ClNO5S. The third-order valence-electron chi connectivity index (χ3n) is 4.30. The molecule has 1 aliphatic carbocycles. The maximum atomic E-state index is 12.9. The number of esters is 1. The van der Waals surface area contributed by atoms with Crippen molar-refractivity contribution in [3.63, 3.8) is 0 Å². The van der Waals surface area contributed by atoms with Gasteiger partial charge in [-0.15, -0.1) is 0 Å². The van der Waals surface area contributed by atoms with Crippen LogP contribution < -0.4 is 5.48 Å². The quantitative estimate of drug-likeness (QED) is 0.303. The smallest absolute Gasteiger partial charge is 0.307 e. The third kappa shape index (κ3) is 7.89. The van der Waals surface area contributed by atoms with Crippen molar-refractivity contribution in [2.24, 2.45) is 5.92 Å². The van der Waals surface area contributed by atoms with Gasteiger partial charge in [-0.05, 0) is 24.8 Å². The normalized spacial score (nSPS) is 20.4. The van der Waals surface area contributed by atoms with Crippen molar-refractivity contribution in [3.05, 3.63) is 34.7 Å². The van der Waals surface area contributed by atoms with Crippen LogP contribution in [0.1, 0.15) is 53.4 Å². The Labute approximate surface area is 174 Å². The zero-order valence-corrected chi connectivity index (χ0v) is 18.5. The first kappa shape index (κ1) is 24.6. The van der Waals surface area contributed by atoms with Crippen LogP contribution in [0.3, 0.4) is 0 Å². The number of carbonyl (C=O) groups excluding carboxylic acids is 2. The Hall–Kier alpha value is -1.44. The molecular weight excluding hydrogens is 402 g/mol. The van der Waals surface area contributed by atoms with Gasteiger partial charge in [0.05, 0.1) is 17.9 Å². The fourth-order valence-corrected chi connectivity index (χ4v) is 4.28. The molecule has 28 heavy (non-hydrogen) atoms. The summed E-state index contributed by atoms with van der Waals surface area (Å²) >= 11 is 5.47. The second kappa shape index (κ2) is 12.9. The second-order valence-electron chi connectivity index (χ2n) is 6.61. The average Bonchev–Trinajstić information content (AvgIpc) is 2.63. The Bertz CT molecular complexity index is 672. The van der Waals surface area contributed by atoms with Gasteiger partial charge in [-0.25, -0.2) is 0 Å². The number of nitrogens with one attached hydrogen (secondary N) is 1. The molecule has 0 aromatic carbocycles. The Morgan fingerprint density at radius 1 is 1.39 bits per heavy atom. The topological polar surface area (TPSA) is 81.7 Å². The van der Waals surface area contributed by atoms with Crippen LogP contribution in [-0.4, -0.2) is 33.6 Å². The average molecular weight is 432 g/mol. The summed E-state index contributed by atoms with van der Waals surface area (Å²) in [5, 5.41) is -0.0163.